The van der Waals surface area contributed by atoms with Crippen molar-refractivity contribution in [3.63, 3.8) is 0 Å². The van der Waals surface area contributed by atoms with Gasteiger partial charge in [0.05, 0.1) is 11.0 Å². The Bertz CT molecular complexity index is 2740. The predicted molar refractivity (Wildman–Crippen MR) is 209 cm³/mol. The minimum Gasteiger partial charge on any atom is -0.294 e. The van der Waals surface area contributed by atoms with Crippen LogP contribution in [0.5, 0.6) is 0 Å². The zero-order chi connectivity index (χ0) is 33.7. The highest BCUT2D eigenvalue weighted by atomic mass is 15.1. The van der Waals surface area contributed by atoms with E-state index in [0.717, 1.165) is 40.0 Å². The van der Waals surface area contributed by atoms with Crippen molar-refractivity contribution in [3.05, 3.63) is 176 Å². The van der Waals surface area contributed by atoms with E-state index in [0.29, 0.717) is 23.4 Å². The van der Waals surface area contributed by atoms with Crippen molar-refractivity contribution < 1.29 is 0 Å². The van der Waals surface area contributed by atoms with Crippen LogP contribution in [0.1, 0.15) is 17.9 Å². The van der Waals surface area contributed by atoms with E-state index in [-0.39, 0.29) is 0 Å². The quantitative estimate of drug-likeness (QED) is 0.185. The largest absolute Gasteiger partial charge is 0.294 e. The highest BCUT2D eigenvalue weighted by Crippen LogP contribution is 2.40. The average molecular weight is 654 g/mol. The lowest BCUT2D eigenvalue weighted by Crippen LogP contribution is -2.02. The zero-order valence-corrected chi connectivity index (χ0v) is 27.7. The summed E-state index contributed by atoms with van der Waals surface area (Å²) in [6.45, 7) is 0. The van der Waals surface area contributed by atoms with Crippen LogP contribution in [0.2, 0.25) is 0 Å². The van der Waals surface area contributed by atoms with Crippen LogP contribution in [-0.4, -0.2) is 24.5 Å². The lowest BCUT2D eigenvalue weighted by molar-refractivity contribution is 0.854. The normalized spacial score (nSPS) is 14.2. The maximum absolute atomic E-state index is 5.09. The van der Waals surface area contributed by atoms with Crippen LogP contribution in [-0.2, 0) is 0 Å². The summed E-state index contributed by atoms with van der Waals surface area (Å²) in [5.41, 5.74) is 6.25. The Morgan fingerprint density at radius 1 is 0.510 bits per heavy atom. The Labute approximate surface area is 294 Å². The Balaban J connectivity index is 1.16. The maximum atomic E-state index is 5.09. The molecular weight excluding hydrogens is 623 g/mol. The first-order chi connectivity index (χ1) is 25.3. The third-order valence-electron chi connectivity index (χ3n) is 10.0. The first kappa shape index (κ1) is 29.2. The van der Waals surface area contributed by atoms with Gasteiger partial charge in [0, 0.05) is 39.6 Å². The summed E-state index contributed by atoms with van der Waals surface area (Å²) >= 11 is 0. The third-order valence-corrected chi connectivity index (χ3v) is 10.0. The van der Waals surface area contributed by atoms with E-state index in [4.69, 9.17) is 19.9 Å². The van der Waals surface area contributed by atoms with E-state index in [1.165, 1.54) is 37.9 Å². The number of hydrogen-bond acceptors (Lipinski definition) is 4. The molecule has 0 aliphatic heterocycles. The van der Waals surface area contributed by atoms with Gasteiger partial charge in [0.25, 0.3) is 0 Å². The van der Waals surface area contributed by atoms with E-state index in [1.807, 2.05) is 42.6 Å². The standard InChI is InChI=1S/C46H31N5/c1-3-11-30(12-4-1)31-19-21-35(22-20-31)45-48-44(34-15-5-2-6-16-34)49-46(50-45)36-27-28-47-41(29-36)51-39-25-23-32-13-7-9-17-37(32)42(39)43-38-18-10-8-14-33(38)24-26-40(43)51/h1-11,13-30H,12H2. The number of pyridine rings is 1. The maximum Gasteiger partial charge on any atom is 0.164 e. The molecule has 5 heteroatoms. The molecule has 1 atom stereocenters. The van der Waals surface area contributed by atoms with Crippen LogP contribution < -0.4 is 0 Å². The molecule has 0 saturated heterocycles. The van der Waals surface area contributed by atoms with E-state index in [2.05, 4.69) is 132 Å². The smallest absolute Gasteiger partial charge is 0.164 e. The van der Waals surface area contributed by atoms with Crippen molar-refractivity contribution in [3.8, 4) is 40.0 Å². The fourth-order valence-corrected chi connectivity index (χ4v) is 7.53. The van der Waals surface area contributed by atoms with Gasteiger partial charge in [0.15, 0.2) is 17.5 Å². The van der Waals surface area contributed by atoms with E-state index < -0.39 is 0 Å². The Hall–Kier alpha value is -6.72. The van der Waals surface area contributed by atoms with Crippen LogP contribution in [0.3, 0.4) is 0 Å². The molecule has 0 spiro atoms. The van der Waals surface area contributed by atoms with Gasteiger partial charge in [-0.25, -0.2) is 19.9 Å². The summed E-state index contributed by atoms with van der Waals surface area (Å²) in [4.78, 5) is 20.1. The molecule has 0 fully saturated rings. The van der Waals surface area contributed by atoms with Crippen LogP contribution in [0.25, 0.3) is 83.3 Å². The number of aromatic nitrogens is 5. The van der Waals surface area contributed by atoms with Gasteiger partial charge in [-0.15, -0.1) is 0 Å². The summed E-state index contributed by atoms with van der Waals surface area (Å²) in [7, 11) is 0. The van der Waals surface area contributed by atoms with Crippen molar-refractivity contribution in [1.29, 1.82) is 0 Å². The second-order valence-electron chi connectivity index (χ2n) is 13.0. The van der Waals surface area contributed by atoms with Gasteiger partial charge in [0.2, 0.25) is 0 Å². The molecule has 1 aliphatic carbocycles. The fourth-order valence-electron chi connectivity index (χ4n) is 7.53. The molecule has 51 heavy (non-hydrogen) atoms. The summed E-state index contributed by atoms with van der Waals surface area (Å²) in [6.07, 6.45) is 11.6. The molecule has 1 unspecified atom stereocenters. The third kappa shape index (κ3) is 5.01. The first-order valence-electron chi connectivity index (χ1n) is 17.3. The van der Waals surface area contributed by atoms with Crippen molar-refractivity contribution in [2.24, 2.45) is 0 Å². The van der Waals surface area contributed by atoms with Crippen molar-refractivity contribution in [1.82, 2.24) is 24.5 Å². The van der Waals surface area contributed by atoms with Crippen molar-refractivity contribution in [2.75, 3.05) is 0 Å². The van der Waals surface area contributed by atoms with Gasteiger partial charge >= 0.3 is 0 Å². The van der Waals surface area contributed by atoms with Crippen LogP contribution in [0.4, 0.5) is 0 Å². The minimum atomic E-state index is 0.380. The van der Waals surface area contributed by atoms with Crippen LogP contribution in [0, 0.1) is 0 Å². The highest BCUT2D eigenvalue weighted by molar-refractivity contribution is 6.28. The predicted octanol–water partition coefficient (Wildman–Crippen LogP) is 11.3. The van der Waals surface area contributed by atoms with Crippen molar-refractivity contribution >= 4 is 43.4 Å². The molecule has 3 aromatic heterocycles. The molecule has 240 valence electrons. The second kappa shape index (κ2) is 12.0. The molecule has 9 aromatic rings. The number of nitrogens with zero attached hydrogens (tertiary/aromatic N) is 5. The summed E-state index contributed by atoms with van der Waals surface area (Å²) in [5.74, 6) is 3.06. The SMILES string of the molecule is C1=CCC(c2ccc(-c3nc(-c4ccccc4)nc(-c4ccnc(-n5c6ccc7ccccc7c6c6c7ccccc7ccc65)c4)n3)cc2)C=C1. The molecular formula is C46H31N5. The first-order valence-corrected chi connectivity index (χ1v) is 17.3. The number of fused-ring (bicyclic) bond motifs is 7. The van der Waals surface area contributed by atoms with Gasteiger partial charge in [-0.1, -0.05) is 140 Å². The van der Waals surface area contributed by atoms with Gasteiger partial charge in [0.1, 0.15) is 5.82 Å². The number of benzene rings is 6. The Kier molecular flexibility index (Phi) is 6.88. The van der Waals surface area contributed by atoms with E-state index in [1.54, 1.807) is 0 Å². The van der Waals surface area contributed by atoms with Gasteiger partial charge in [-0.3, -0.25) is 4.57 Å². The molecule has 0 saturated carbocycles. The topological polar surface area (TPSA) is 56.5 Å². The molecule has 0 radical (unpaired) electrons. The van der Waals surface area contributed by atoms with Crippen LogP contribution >= 0.6 is 0 Å². The molecule has 6 aromatic carbocycles. The average Bonchev–Trinajstić information content (AvgIpc) is 3.57. The Morgan fingerprint density at radius 3 is 1.73 bits per heavy atom. The fraction of sp³-hybridized carbons (Fsp3) is 0.0435. The summed E-state index contributed by atoms with van der Waals surface area (Å²) in [6, 6.07) is 48.9. The lowest BCUT2D eigenvalue weighted by atomic mass is 9.92. The molecule has 0 bridgehead atoms. The summed E-state index contributed by atoms with van der Waals surface area (Å²) in [5, 5.41) is 7.33. The minimum absolute atomic E-state index is 0.380. The highest BCUT2D eigenvalue weighted by Gasteiger charge is 2.19. The number of rotatable bonds is 5. The molecule has 5 nitrogen and oxygen atoms in total. The van der Waals surface area contributed by atoms with Gasteiger partial charge in [-0.2, -0.15) is 0 Å². The lowest BCUT2D eigenvalue weighted by Gasteiger charge is -2.14. The number of hydrogen-bond donors (Lipinski definition) is 0. The molecule has 0 N–H and O–H groups in total. The molecule has 0 amide bonds. The summed E-state index contributed by atoms with van der Waals surface area (Å²) < 4.78 is 2.28. The van der Waals surface area contributed by atoms with Crippen molar-refractivity contribution in [2.45, 2.75) is 12.3 Å². The molecule has 10 rings (SSSR count). The second-order valence-corrected chi connectivity index (χ2v) is 13.0. The Morgan fingerprint density at radius 2 is 1.10 bits per heavy atom. The number of allylic oxidation sites excluding steroid dienone is 4. The van der Waals surface area contributed by atoms with Gasteiger partial charge in [-0.05, 0) is 57.8 Å². The van der Waals surface area contributed by atoms with E-state index in [9.17, 15) is 0 Å². The van der Waals surface area contributed by atoms with Crippen LogP contribution in [0.15, 0.2) is 170 Å². The monoisotopic (exact) mass is 653 g/mol. The van der Waals surface area contributed by atoms with Gasteiger partial charge < -0.3 is 0 Å². The molecule has 3 heterocycles. The molecule has 1 aliphatic rings. The van der Waals surface area contributed by atoms with E-state index >= 15 is 0 Å². The zero-order valence-electron chi connectivity index (χ0n) is 27.7.